The minimum absolute atomic E-state index is 0.0979. The van der Waals surface area contributed by atoms with Crippen LogP contribution in [0.25, 0.3) is 0 Å². The van der Waals surface area contributed by atoms with Gasteiger partial charge in [-0.25, -0.2) is 0 Å². The number of thiophene rings is 1. The van der Waals surface area contributed by atoms with Crippen LogP contribution in [0.5, 0.6) is 5.75 Å². The number of aryl methyl sites for hydroxylation is 1. The first-order valence-corrected chi connectivity index (χ1v) is 6.66. The Kier molecular flexibility index (Phi) is 3.80. The first-order valence-electron chi connectivity index (χ1n) is 5.02. The number of nitrogens with one attached hydrogen (secondary N) is 1. The summed E-state index contributed by atoms with van der Waals surface area (Å²) in [6, 6.07) is 4.71. The van der Waals surface area contributed by atoms with Gasteiger partial charge in [0, 0.05) is 5.02 Å². The second-order valence-corrected chi connectivity index (χ2v) is 5.43. The van der Waals surface area contributed by atoms with Crippen molar-refractivity contribution in [3.8, 4) is 5.75 Å². The molecule has 1 heterocycles. The van der Waals surface area contributed by atoms with Gasteiger partial charge < -0.3 is 10.4 Å². The molecule has 0 aliphatic heterocycles. The zero-order chi connectivity index (χ0) is 13.3. The third-order valence-corrected chi connectivity index (χ3v) is 3.87. The average Bonchev–Trinajstić information content (AvgIpc) is 2.71. The summed E-state index contributed by atoms with van der Waals surface area (Å²) in [6.07, 6.45) is 0. The van der Waals surface area contributed by atoms with Gasteiger partial charge in [-0.3, -0.25) is 4.79 Å². The van der Waals surface area contributed by atoms with E-state index in [2.05, 4.69) is 5.32 Å². The average molecular weight is 302 g/mol. The van der Waals surface area contributed by atoms with Gasteiger partial charge in [-0.2, -0.15) is 0 Å². The molecule has 0 aliphatic carbocycles. The molecule has 0 radical (unpaired) electrons. The second-order valence-electron chi connectivity index (χ2n) is 3.67. The number of rotatable bonds is 2. The lowest BCUT2D eigenvalue weighted by Crippen LogP contribution is -2.11. The van der Waals surface area contributed by atoms with Crippen molar-refractivity contribution in [2.75, 3.05) is 5.32 Å². The molecule has 0 bridgehead atoms. The SMILES string of the molecule is Cc1ccsc1C(=O)Nc1cc(Cl)cc(Cl)c1O. The molecule has 0 spiro atoms. The van der Waals surface area contributed by atoms with Crippen LogP contribution < -0.4 is 5.32 Å². The van der Waals surface area contributed by atoms with Crippen LogP contribution in [0.1, 0.15) is 15.2 Å². The number of hydrogen-bond acceptors (Lipinski definition) is 3. The molecule has 94 valence electrons. The highest BCUT2D eigenvalue weighted by atomic mass is 35.5. The van der Waals surface area contributed by atoms with Crippen molar-refractivity contribution in [2.24, 2.45) is 0 Å². The van der Waals surface area contributed by atoms with Crippen molar-refractivity contribution >= 4 is 46.1 Å². The lowest BCUT2D eigenvalue weighted by molar-refractivity contribution is 0.102. The minimum Gasteiger partial charge on any atom is -0.504 e. The normalized spacial score (nSPS) is 10.4. The maximum absolute atomic E-state index is 12.0. The van der Waals surface area contributed by atoms with Crippen molar-refractivity contribution < 1.29 is 9.90 Å². The smallest absolute Gasteiger partial charge is 0.266 e. The van der Waals surface area contributed by atoms with E-state index in [-0.39, 0.29) is 22.4 Å². The van der Waals surface area contributed by atoms with E-state index in [4.69, 9.17) is 23.2 Å². The molecule has 2 rings (SSSR count). The summed E-state index contributed by atoms with van der Waals surface area (Å²) in [4.78, 5) is 12.6. The van der Waals surface area contributed by atoms with Crippen molar-refractivity contribution in [3.63, 3.8) is 0 Å². The van der Waals surface area contributed by atoms with E-state index in [9.17, 15) is 9.90 Å². The van der Waals surface area contributed by atoms with Crippen LogP contribution >= 0.6 is 34.5 Å². The van der Waals surface area contributed by atoms with Crippen LogP contribution in [0.4, 0.5) is 5.69 Å². The van der Waals surface area contributed by atoms with Crippen LogP contribution in [0.15, 0.2) is 23.6 Å². The number of phenols is 1. The van der Waals surface area contributed by atoms with Gasteiger partial charge in [0.2, 0.25) is 0 Å². The van der Waals surface area contributed by atoms with Crippen LogP contribution in [0.2, 0.25) is 10.0 Å². The van der Waals surface area contributed by atoms with E-state index in [1.807, 2.05) is 18.4 Å². The summed E-state index contributed by atoms with van der Waals surface area (Å²) in [6.45, 7) is 1.84. The number of anilines is 1. The Bertz CT molecular complexity index is 610. The molecule has 18 heavy (non-hydrogen) atoms. The van der Waals surface area contributed by atoms with Crippen molar-refractivity contribution in [1.82, 2.24) is 0 Å². The van der Waals surface area contributed by atoms with Gasteiger partial charge in [0.15, 0.2) is 5.75 Å². The molecular weight excluding hydrogens is 293 g/mol. The van der Waals surface area contributed by atoms with E-state index in [1.54, 1.807) is 0 Å². The Labute approximate surface area is 118 Å². The predicted molar refractivity (Wildman–Crippen MR) is 75.1 cm³/mol. The number of carbonyl (C=O) groups is 1. The molecule has 0 atom stereocenters. The number of phenolic OH excluding ortho intramolecular Hbond substituents is 1. The maximum atomic E-state index is 12.0. The van der Waals surface area contributed by atoms with E-state index in [0.717, 1.165) is 5.56 Å². The molecule has 3 nitrogen and oxygen atoms in total. The summed E-state index contributed by atoms with van der Waals surface area (Å²) in [5, 5.41) is 14.6. The number of benzene rings is 1. The first-order chi connectivity index (χ1) is 8.49. The molecule has 0 fully saturated rings. The van der Waals surface area contributed by atoms with Crippen LogP contribution in [-0.2, 0) is 0 Å². The monoisotopic (exact) mass is 301 g/mol. The van der Waals surface area contributed by atoms with Crippen LogP contribution in [0, 0.1) is 6.92 Å². The molecule has 1 amide bonds. The van der Waals surface area contributed by atoms with Gasteiger partial charge in [-0.15, -0.1) is 11.3 Å². The largest absolute Gasteiger partial charge is 0.504 e. The number of carbonyl (C=O) groups excluding carboxylic acids is 1. The molecule has 0 saturated heterocycles. The Morgan fingerprint density at radius 3 is 2.72 bits per heavy atom. The summed E-state index contributed by atoms with van der Waals surface area (Å²) < 4.78 is 0. The van der Waals surface area contributed by atoms with Crippen molar-refractivity contribution in [3.05, 3.63) is 44.1 Å². The highest BCUT2D eigenvalue weighted by Gasteiger charge is 2.14. The lowest BCUT2D eigenvalue weighted by atomic mass is 10.2. The Morgan fingerprint density at radius 2 is 2.11 bits per heavy atom. The highest BCUT2D eigenvalue weighted by Crippen LogP contribution is 2.35. The van der Waals surface area contributed by atoms with Gasteiger partial charge in [0.05, 0.1) is 15.6 Å². The van der Waals surface area contributed by atoms with E-state index in [1.165, 1.54) is 23.5 Å². The predicted octanol–water partition coefficient (Wildman–Crippen LogP) is 4.32. The number of halogens is 2. The molecule has 2 aromatic rings. The summed E-state index contributed by atoms with van der Waals surface area (Å²) >= 11 is 12.9. The zero-order valence-electron chi connectivity index (χ0n) is 9.33. The van der Waals surface area contributed by atoms with Gasteiger partial charge in [0.25, 0.3) is 5.91 Å². The third-order valence-electron chi connectivity index (χ3n) is 2.34. The Hall–Kier alpha value is -1.23. The Morgan fingerprint density at radius 1 is 1.39 bits per heavy atom. The molecule has 1 aromatic carbocycles. The molecule has 0 saturated carbocycles. The van der Waals surface area contributed by atoms with Gasteiger partial charge in [0.1, 0.15) is 0 Å². The van der Waals surface area contributed by atoms with E-state index in [0.29, 0.717) is 9.90 Å². The van der Waals surface area contributed by atoms with Crippen LogP contribution in [0.3, 0.4) is 0 Å². The summed E-state index contributed by atoms with van der Waals surface area (Å²) in [7, 11) is 0. The van der Waals surface area contributed by atoms with Crippen LogP contribution in [-0.4, -0.2) is 11.0 Å². The van der Waals surface area contributed by atoms with E-state index >= 15 is 0 Å². The summed E-state index contributed by atoms with van der Waals surface area (Å²) in [5.41, 5.74) is 1.08. The fourth-order valence-electron chi connectivity index (χ4n) is 1.45. The van der Waals surface area contributed by atoms with Gasteiger partial charge in [-0.1, -0.05) is 23.2 Å². The number of amides is 1. The lowest BCUT2D eigenvalue weighted by Gasteiger charge is -2.08. The fraction of sp³-hybridized carbons (Fsp3) is 0.0833. The number of hydrogen-bond donors (Lipinski definition) is 2. The standard InChI is InChI=1S/C12H9Cl2NO2S/c1-6-2-3-18-11(6)12(17)15-9-5-7(13)4-8(14)10(9)16/h2-5,16H,1H3,(H,15,17). The number of aromatic hydroxyl groups is 1. The molecule has 0 aliphatic rings. The van der Waals surface area contributed by atoms with Crippen molar-refractivity contribution in [1.29, 1.82) is 0 Å². The third kappa shape index (κ3) is 2.61. The molecular formula is C12H9Cl2NO2S. The summed E-state index contributed by atoms with van der Waals surface area (Å²) in [5.74, 6) is -0.486. The fourth-order valence-corrected chi connectivity index (χ4v) is 2.76. The maximum Gasteiger partial charge on any atom is 0.266 e. The topological polar surface area (TPSA) is 49.3 Å². The molecule has 2 N–H and O–H groups in total. The first kappa shape index (κ1) is 13.2. The quantitative estimate of drug-likeness (QED) is 0.812. The molecule has 0 unspecified atom stereocenters. The second kappa shape index (κ2) is 5.18. The minimum atomic E-state index is -0.295. The highest BCUT2D eigenvalue weighted by molar-refractivity contribution is 7.12. The van der Waals surface area contributed by atoms with Gasteiger partial charge >= 0.3 is 0 Å². The van der Waals surface area contributed by atoms with Gasteiger partial charge in [-0.05, 0) is 36.1 Å². The van der Waals surface area contributed by atoms with Crippen molar-refractivity contribution in [2.45, 2.75) is 6.92 Å². The van der Waals surface area contributed by atoms with E-state index < -0.39 is 0 Å². The molecule has 1 aromatic heterocycles. The zero-order valence-corrected chi connectivity index (χ0v) is 11.7. The Balaban J connectivity index is 2.30. The molecule has 6 heteroatoms.